The number of alkyl halides is 3. The highest BCUT2D eigenvalue weighted by molar-refractivity contribution is 14.1. The van der Waals surface area contributed by atoms with Gasteiger partial charge in [0.25, 0.3) is 5.17 Å². The summed E-state index contributed by atoms with van der Waals surface area (Å²) in [4.78, 5) is 0. The second kappa shape index (κ2) is 9.09. The minimum atomic E-state index is -4.49. The third kappa shape index (κ3) is 5.47. The summed E-state index contributed by atoms with van der Waals surface area (Å²) in [5, 5.41) is 3.08. The summed E-state index contributed by atoms with van der Waals surface area (Å²) < 4.78 is 51.8. The lowest BCUT2D eigenvalue weighted by Gasteiger charge is -2.19. The molecule has 0 atom stereocenters. The number of hydrogen-bond acceptors (Lipinski definition) is 3. The van der Waals surface area contributed by atoms with Crippen LogP contribution in [0.2, 0.25) is 0 Å². The van der Waals surface area contributed by atoms with Gasteiger partial charge >= 0.3 is 6.18 Å². The molecule has 0 aromatic heterocycles. The molecule has 0 amide bonds. The molecular weight excluding hydrogens is 490 g/mol. The molecule has 0 fully saturated rings. The van der Waals surface area contributed by atoms with Crippen molar-refractivity contribution >= 4 is 45.7 Å². The lowest BCUT2D eigenvalue weighted by atomic mass is 10.0. The average molecular weight is 509 g/mol. The van der Waals surface area contributed by atoms with Gasteiger partial charge < -0.3 is 14.8 Å². The van der Waals surface area contributed by atoms with Crippen LogP contribution >= 0.6 is 34.8 Å². The van der Waals surface area contributed by atoms with E-state index in [-0.39, 0.29) is 17.5 Å². The number of hydrogen-bond donors (Lipinski definition) is 1. The Labute approximate surface area is 175 Å². The summed E-state index contributed by atoms with van der Waals surface area (Å²) in [6.45, 7) is 3.57. The molecule has 2 aromatic carbocycles. The van der Waals surface area contributed by atoms with Crippen LogP contribution in [0.5, 0.6) is 5.75 Å². The highest BCUT2D eigenvalue weighted by Crippen LogP contribution is 2.39. The van der Waals surface area contributed by atoms with Crippen molar-refractivity contribution in [2.24, 2.45) is 0 Å². The smallest absolute Gasteiger partial charge is 0.419 e. The molecule has 146 valence electrons. The molecule has 0 bridgehead atoms. The number of methoxy groups -OCH3 is 1. The van der Waals surface area contributed by atoms with Crippen LogP contribution in [0.3, 0.4) is 0 Å². The van der Waals surface area contributed by atoms with Gasteiger partial charge in [0.15, 0.2) is 0 Å². The number of benzene rings is 2. The average Bonchev–Trinajstić information content (AvgIpc) is 2.60. The zero-order valence-electron chi connectivity index (χ0n) is 15.0. The van der Waals surface area contributed by atoms with Crippen LogP contribution in [0.15, 0.2) is 30.3 Å². The summed E-state index contributed by atoms with van der Waals surface area (Å²) in [6.07, 6.45) is -3.97. The second-order valence-electron chi connectivity index (χ2n) is 5.80. The molecule has 0 unspecified atom stereocenters. The zero-order chi connectivity index (χ0) is 20.2. The predicted octanol–water partition coefficient (Wildman–Crippen LogP) is 6.10. The summed E-state index contributed by atoms with van der Waals surface area (Å²) in [6, 6.07) is 8.04. The molecule has 0 radical (unpaired) electrons. The van der Waals surface area contributed by atoms with E-state index in [2.05, 4.69) is 27.9 Å². The topological polar surface area (TPSA) is 30.5 Å². The molecule has 0 saturated heterocycles. The summed E-state index contributed by atoms with van der Waals surface area (Å²) in [5.74, 6) is -0.183. The summed E-state index contributed by atoms with van der Waals surface area (Å²) in [7, 11) is 1.44. The van der Waals surface area contributed by atoms with Crippen LogP contribution in [0.1, 0.15) is 29.2 Å². The van der Waals surface area contributed by atoms with E-state index in [1.54, 1.807) is 13.0 Å². The van der Waals surface area contributed by atoms with Crippen LogP contribution in [0.25, 0.3) is 0 Å². The van der Waals surface area contributed by atoms with Gasteiger partial charge in [-0.25, -0.2) is 0 Å². The van der Waals surface area contributed by atoms with Crippen molar-refractivity contribution < 1.29 is 22.6 Å². The van der Waals surface area contributed by atoms with Crippen molar-refractivity contribution in [2.75, 3.05) is 12.4 Å². The Hall–Kier alpha value is -1.55. The van der Waals surface area contributed by atoms with E-state index < -0.39 is 11.7 Å². The number of rotatable bonds is 5. The quantitative estimate of drug-likeness (QED) is 0.390. The fourth-order valence-corrected chi connectivity index (χ4v) is 3.35. The maximum absolute atomic E-state index is 13.5. The van der Waals surface area contributed by atoms with E-state index in [9.17, 15) is 13.2 Å². The highest BCUT2D eigenvalue weighted by Gasteiger charge is 2.35. The van der Waals surface area contributed by atoms with E-state index in [0.717, 1.165) is 9.13 Å². The molecular formula is C19H19F3INO2S. The molecule has 27 heavy (non-hydrogen) atoms. The predicted molar refractivity (Wildman–Crippen MR) is 112 cm³/mol. The van der Waals surface area contributed by atoms with E-state index in [1.807, 2.05) is 19.1 Å². The maximum atomic E-state index is 13.5. The van der Waals surface area contributed by atoms with Gasteiger partial charge in [-0.2, -0.15) is 13.2 Å². The third-order valence-corrected chi connectivity index (χ3v) is 5.32. The molecule has 8 heteroatoms. The Balaban J connectivity index is 2.37. The molecule has 0 heterocycles. The fraction of sp³-hybridized carbons (Fsp3) is 0.316. The summed E-state index contributed by atoms with van der Waals surface area (Å²) in [5.41, 5.74) is 1.98. The first-order chi connectivity index (χ1) is 12.7. The van der Waals surface area contributed by atoms with Gasteiger partial charge in [0, 0.05) is 14.8 Å². The number of nitrogens with one attached hydrogen (secondary N) is 1. The van der Waals surface area contributed by atoms with Crippen molar-refractivity contribution in [1.82, 2.24) is 0 Å². The van der Waals surface area contributed by atoms with E-state index in [0.29, 0.717) is 23.2 Å². The van der Waals surface area contributed by atoms with Gasteiger partial charge in [0.2, 0.25) is 0 Å². The van der Waals surface area contributed by atoms with Crippen LogP contribution in [-0.4, -0.2) is 12.3 Å². The molecule has 0 saturated carbocycles. The van der Waals surface area contributed by atoms with Crippen molar-refractivity contribution in [3.63, 3.8) is 0 Å². The van der Waals surface area contributed by atoms with E-state index >= 15 is 0 Å². The van der Waals surface area contributed by atoms with Gasteiger partial charge in [0.1, 0.15) is 12.4 Å². The standard InChI is InChI=1S/C19H19F3INO2S/c1-4-12-9-14(19(20,21)22)17(8-11(12)2)26-10-13-15(23)6-5-7-16(13)24-18(27)25-3/h5-9H,4,10H2,1-3H3,(H,24,27). The Bertz CT molecular complexity index is 840. The Morgan fingerprint density at radius 1 is 1.26 bits per heavy atom. The second-order valence-corrected chi connectivity index (χ2v) is 7.33. The zero-order valence-corrected chi connectivity index (χ0v) is 18.0. The number of aryl methyl sites for hydroxylation is 2. The molecule has 0 aliphatic rings. The first-order valence-electron chi connectivity index (χ1n) is 8.13. The first-order valence-corrected chi connectivity index (χ1v) is 9.62. The van der Waals surface area contributed by atoms with Gasteiger partial charge in [-0.05, 0) is 83.5 Å². The van der Waals surface area contributed by atoms with Crippen LogP contribution in [0, 0.1) is 10.5 Å². The maximum Gasteiger partial charge on any atom is 0.419 e. The van der Waals surface area contributed by atoms with Crippen molar-refractivity contribution in [1.29, 1.82) is 0 Å². The van der Waals surface area contributed by atoms with E-state index in [1.165, 1.54) is 19.2 Å². The van der Waals surface area contributed by atoms with Gasteiger partial charge in [-0.1, -0.05) is 13.0 Å². The molecule has 0 spiro atoms. The molecule has 2 rings (SSSR count). The molecule has 1 N–H and O–H groups in total. The van der Waals surface area contributed by atoms with Crippen LogP contribution in [0.4, 0.5) is 18.9 Å². The number of ether oxygens (including phenoxy) is 2. The highest BCUT2D eigenvalue weighted by atomic mass is 127. The lowest BCUT2D eigenvalue weighted by molar-refractivity contribution is -0.139. The SMILES string of the molecule is CCc1cc(C(F)(F)F)c(OCc2c(I)cccc2NC(=S)OC)cc1C. The van der Waals surface area contributed by atoms with Crippen LogP contribution in [-0.2, 0) is 23.9 Å². The fourth-order valence-electron chi connectivity index (χ4n) is 2.58. The van der Waals surface area contributed by atoms with Crippen molar-refractivity contribution in [2.45, 2.75) is 33.1 Å². The van der Waals surface area contributed by atoms with Crippen molar-refractivity contribution in [3.05, 3.63) is 56.2 Å². The van der Waals surface area contributed by atoms with Crippen LogP contribution < -0.4 is 10.1 Å². The van der Waals surface area contributed by atoms with Gasteiger partial charge in [0.05, 0.1) is 12.7 Å². The number of thiocarbonyl (C=S) groups is 1. The van der Waals surface area contributed by atoms with Gasteiger partial charge in [-0.3, -0.25) is 0 Å². The lowest BCUT2D eigenvalue weighted by Crippen LogP contribution is -2.14. The molecule has 2 aromatic rings. The largest absolute Gasteiger partial charge is 0.488 e. The van der Waals surface area contributed by atoms with Gasteiger partial charge in [-0.15, -0.1) is 0 Å². The third-order valence-electron chi connectivity index (χ3n) is 4.04. The molecule has 3 nitrogen and oxygen atoms in total. The van der Waals surface area contributed by atoms with E-state index in [4.69, 9.17) is 21.7 Å². The number of halogens is 4. The Morgan fingerprint density at radius 2 is 1.96 bits per heavy atom. The van der Waals surface area contributed by atoms with Crippen molar-refractivity contribution in [3.8, 4) is 5.75 Å². The normalized spacial score (nSPS) is 11.2. The number of anilines is 1. The Morgan fingerprint density at radius 3 is 2.56 bits per heavy atom. The Kier molecular flexibility index (Phi) is 7.32. The minimum Gasteiger partial charge on any atom is -0.488 e. The molecule has 0 aliphatic heterocycles. The minimum absolute atomic E-state index is 0.0399. The summed E-state index contributed by atoms with van der Waals surface area (Å²) >= 11 is 7.11. The molecule has 0 aliphatic carbocycles. The first kappa shape index (κ1) is 21.7. The monoisotopic (exact) mass is 509 g/mol.